The zero-order valence-electron chi connectivity index (χ0n) is 8.66. The molecular weight excluding hydrogens is 280 g/mol. The average Bonchev–Trinajstić information content (AvgIpc) is 2.50. The summed E-state index contributed by atoms with van der Waals surface area (Å²) >= 11 is 7.44. The van der Waals surface area contributed by atoms with E-state index in [9.17, 15) is 9.59 Å². The third-order valence-electron chi connectivity index (χ3n) is 2.51. The fraction of sp³-hybridized carbons (Fsp3) is 0.444. The first-order chi connectivity index (χ1) is 8.00. The van der Waals surface area contributed by atoms with Crippen LogP contribution in [0.2, 0.25) is 0 Å². The van der Waals surface area contributed by atoms with E-state index in [1.807, 2.05) is 0 Å². The molecule has 92 valence electrons. The Hall–Kier alpha value is -0.730. The van der Waals surface area contributed by atoms with E-state index in [0.29, 0.717) is 21.4 Å². The lowest BCUT2D eigenvalue weighted by molar-refractivity contribution is -0.154. The maximum Gasteiger partial charge on any atom is 0.331 e. The van der Waals surface area contributed by atoms with Crippen LogP contribution in [0.25, 0.3) is 0 Å². The molecule has 2 rings (SSSR count). The largest absolute Gasteiger partial charge is 0.479 e. The highest BCUT2D eigenvalue weighted by Gasteiger charge is 2.52. The van der Waals surface area contributed by atoms with Gasteiger partial charge in [-0.2, -0.15) is 0 Å². The number of carboxylic acid groups (broad SMARTS) is 1. The highest BCUT2D eigenvalue weighted by atomic mass is 32.2. The normalized spacial score (nSPS) is 29.1. The van der Waals surface area contributed by atoms with Crippen LogP contribution in [-0.4, -0.2) is 43.4 Å². The van der Waals surface area contributed by atoms with Crippen LogP contribution < -0.4 is 5.73 Å². The number of carboxylic acids is 1. The predicted molar refractivity (Wildman–Crippen MR) is 71.6 cm³/mol. The Kier molecular flexibility index (Phi) is 3.64. The first-order valence-electron chi connectivity index (χ1n) is 4.83. The van der Waals surface area contributed by atoms with Gasteiger partial charge in [0.05, 0.1) is 11.8 Å². The number of thioether (sulfide) groups is 2. The molecule has 2 heterocycles. The first-order valence-corrected chi connectivity index (χ1v) is 7.11. The summed E-state index contributed by atoms with van der Waals surface area (Å²) in [4.78, 5) is 24.6. The van der Waals surface area contributed by atoms with Gasteiger partial charge in [0.2, 0.25) is 5.91 Å². The third-order valence-corrected chi connectivity index (χ3v) is 4.81. The lowest BCUT2D eigenvalue weighted by Gasteiger charge is -2.35. The molecule has 0 bridgehead atoms. The average molecular weight is 290 g/mol. The first kappa shape index (κ1) is 12.7. The lowest BCUT2D eigenvalue weighted by Crippen LogP contribution is -2.53. The van der Waals surface area contributed by atoms with Crippen molar-refractivity contribution in [3.63, 3.8) is 0 Å². The summed E-state index contributed by atoms with van der Waals surface area (Å²) in [5.41, 5.74) is 5.34. The summed E-state index contributed by atoms with van der Waals surface area (Å²) in [7, 11) is 0. The molecule has 1 amide bonds. The fourth-order valence-electron chi connectivity index (χ4n) is 1.77. The summed E-state index contributed by atoms with van der Waals surface area (Å²) < 4.78 is 0.330. The van der Waals surface area contributed by atoms with Crippen molar-refractivity contribution in [3.05, 3.63) is 11.0 Å². The minimum Gasteiger partial charge on any atom is -0.479 e. The maximum absolute atomic E-state index is 11.3. The van der Waals surface area contributed by atoms with E-state index in [4.69, 9.17) is 23.1 Å². The topological polar surface area (TPSA) is 83.6 Å². The van der Waals surface area contributed by atoms with Gasteiger partial charge in [0.15, 0.2) is 6.04 Å². The van der Waals surface area contributed by atoms with Crippen LogP contribution in [0.15, 0.2) is 11.0 Å². The molecule has 2 fully saturated rings. The van der Waals surface area contributed by atoms with Gasteiger partial charge in [0, 0.05) is 10.7 Å². The predicted octanol–water partition coefficient (Wildman–Crippen LogP) is 0.606. The minimum atomic E-state index is -0.986. The van der Waals surface area contributed by atoms with Crippen molar-refractivity contribution >= 4 is 51.9 Å². The van der Waals surface area contributed by atoms with Gasteiger partial charge in [-0.05, 0) is 0 Å². The van der Waals surface area contributed by atoms with Crippen LogP contribution in [0.3, 0.4) is 0 Å². The van der Waals surface area contributed by atoms with Crippen molar-refractivity contribution in [2.45, 2.75) is 17.8 Å². The molecular formula is C9H10N2O3S3. The Morgan fingerprint density at radius 3 is 3.00 bits per heavy atom. The molecule has 8 heteroatoms. The molecule has 2 aliphatic rings. The SMILES string of the molecule is NC(=S)SCC=C1SC2CC(=O)N2C1C(=O)O. The number of hydrogen-bond acceptors (Lipinski definition) is 5. The quantitative estimate of drug-likeness (QED) is 0.582. The van der Waals surface area contributed by atoms with E-state index >= 15 is 0 Å². The van der Waals surface area contributed by atoms with Crippen LogP contribution in [-0.2, 0) is 9.59 Å². The highest BCUT2D eigenvalue weighted by Crippen LogP contribution is 2.46. The van der Waals surface area contributed by atoms with E-state index in [1.165, 1.54) is 28.4 Å². The minimum absolute atomic E-state index is 0.00956. The number of thiocarbonyl (C=S) groups is 1. The summed E-state index contributed by atoms with van der Waals surface area (Å²) in [5, 5.41) is 9.12. The zero-order valence-corrected chi connectivity index (χ0v) is 11.1. The van der Waals surface area contributed by atoms with Gasteiger partial charge in [-0.3, -0.25) is 4.79 Å². The van der Waals surface area contributed by atoms with E-state index in [1.54, 1.807) is 6.08 Å². The number of fused-ring (bicyclic) bond motifs is 1. The Morgan fingerprint density at radius 2 is 2.47 bits per heavy atom. The second kappa shape index (κ2) is 4.87. The van der Waals surface area contributed by atoms with E-state index in [2.05, 4.69) is 0 Å². The van der Waals surface area contributed by atoms with Crippen LogP contribution >= 0.6 is 35.7 Å². The fourth-order valence-corrected chi connectivity index (χ4v) is 3.93. The summed E-state index contributed by atoms with van der Waals surface area (Å²) in [6, 6.07) is -0.821. The summed E-state index contributed by atoms with van der Waals surface area (Å²) in [6.07, 6.45) is 2.22. The van der Waals surface area contributed by atoms with Gasteiger partial charge in [0.1, 0.15) is 4.32 Å². The Labute approximate surface area is 112 Å². The molecule has 0 radical (unpaired) electrons. The number of nitrogens with zero attached hydrogens (tertiary/aromatic N) is 1. The molecule has 2 unspecified atom stereocenters. The number of nitrogens with two attached hydrogens (primary N) is 1. The van der Waals surface area contributed by atoms with Crippen LogP contribution in [0, 0.1) is 0 Å². The molecule has 3 N–H and O–H groups in total. The highest BCUT2D eigenvalue weighted by molar-refractivity contribution is 8.23. The van der Waals surface area contributed by atoms with E-state index < -0.39 is 12.0 Å². The van der Waals surface area contributed by atoms with Crippen molar-refractivity contribution < 1.29 is 14.7 Å². The second-order valence-corrected chi connectivity index (χ2v) is 6.57. The second-order valence-electron chi connectivity index (χ2n) is 3.55. The van der Waals surface area contributed by atoms with Crippen LogP contribution in [0.1, 0.15) is 6.42 Å². The molecule has 2 atom stereocenters. The Bertz CT molecular complexity index is 424. The number of rotatable bonds is 3. The number of carbonyl (C=O) groups is 2. The van der Waals surface area contributed by atoms with Gasteiger partial charge in [-0.1, -0.05) is 30.1 Å². The monoisotopic (exact) mass is 290 g/mol. The number of aliphatic carboxylic acids is 1. The number of β-lactam (4-membered cyclic amide) rings is 1. The number of hydrogen-bond donors (Lipinski definition) is 2. The van der Waals surface area contributed by atoms with Gasteiger partial charge >= 0.3 is 5.97 Å². The smallest absolute Gasteiger partial charge is 0.331 e. The molecule has 2 aliphatic heterocycles. The molecule has 0 saturated carbocycles. The van der Waals surface area contributed by atoms with Gasteiger partial charge in [-0.25, -0.2) is 4.79 Å². The molecule has 0 aliphatic carbocycles. The summed E-state index contributed by atoms with van der Waals surface area (Å²) in [6.45, 7) is 0. The molecule has 17 heavy (non-hydrogen) atoms. The molecule has 2 saturated heterocycles. The summed E-state index contributed by atoms with van der Waals surface area (Å²) in [5.74, 6) is -0.546. The van der Waals surface area contributed by atoms with E-state index in [-0.39, 0.29) is 11.3 Å². The molecule has 0 aromatic rings. The lowest BCUT2D eigenvalue weighted by atomic mass is 10.1. The van der Waals surface area contributed by atoms with Crippen LogP contribution in [0.4, 0.5) is 0 Å². The van der Waals surface area contributed by atoms with Crippen LogP contribution in [0.5, 0.6) is 0 Å². The molecule has 0 spiro atoms. The maximum atomic E-state index is 11.3. The van der Waals surface area contributed by atoms with Crippen molar-refractivity contribution in [1.82, 2.24) is 4.90 Å². The standard InChI is InChI=1S/C9H10N2O3S3/c10-9(15)16-2-1-4-7(8(13)14)11-5(12)3-6(11)17-4/h1,6-7H,2-3H2,(H2,10,15)(H,13,14). The van der Waals surface area contributed by atoms with Crippen molar-refractivity contribution in [1.29, 1.82) is 0 Å². The molecule has 0 aromatic heterocycles. The number of carbonyl (C=O) groups excluding carboxylic acids is 1. The van der Waals surface area contributed by atoms with Crippen molar-refractivity contribution in [2.24, 2.45) is 5.73 Å². The molecule has 5 nitrogen and oxygen atoms in total. The zero-order chi connectivity index (χ0) is 12.6. The molecule has 0 aromatic carbocycles. The van der Waals surface area contributed by atoms with E-state index in [0.717, 1.165) is 0 Å². The van der Waals surface area contributed by atoms with Gasteiger partial charge in [-0.15, -0.1) is 11.8 Å². The van der Waals surface area contributed by atoms with Crippen molar-refractivity contribution in [2.75, 3.05) is 5.75 Å². The Balaban J connectivity index is 2.09. The van der Waals surface area contributed by atoms with Crippen molar-refractivity contribution in [3.8, 4) is 0 Å². The third kappa shape index (κ3) is 2.43. The Morgan fingerprint density at radius 1 is 1.76 bits per heavy atom. The number of amides is 1. The van der Waals surface area contributed by atoms with Gasteiger partial charge in [0.25, 0.3) is 0 Å². The van der Waals surface area contributed by atoms with Gasteiger partial charge < -0.3 is 15.7 Å².